The molecule has 5 aromatic carbocycles. The molecule has 2 N–H and O–H groups in total. The molecule has 0 aliphatic carbocycles. The maximum Gasteiger partial charge on any atom is 0.383 e. The molecule has 0 radical (unpaired) electrons. The van der Waals surface area contributed by atoms with Gasteiger partial charge in [0.1, 0.15) is 22.9 Å². The summed E-state index contributed by atoms with van der Waals surface area (Å²) in [5.41, 5.74) is 3.51. The molecule has 1 aromatic heterocycles. The average molecular weight is 906 g/mol. The Balaban J connectivity index is 1.19. The normalized spacial score (nSPS) is 18.3. The second-order valence-corrected chi connectivity index (χ2v) is 18.9. The molecule has 2 amide bonds. The number of pyridine rings is 1. The molecule has 5 heterocycles. The minimum Gasteiger partial charge on any atom is -0.424 e. The number of hydrogen-bond donors (Lipinski definition) is 2. The largest absolute Gasteiger partial charge is 0.424 e. The first-order valence-corrected chi connectivity index (χ1v) is 23.2. The average Bonchev–Trinajstić information content (AvgIpc) is 3.28. The van der Waals surface area contributed by atoms with Gasteiger partial charge < -0.3 is 28.7 Å². The molecule has 0 saturated carbocycles. The topological polar surface area (TPSA) is 228 Å². The van der Waals surface area contributed by atoms with Gasteiger partial charge in [0.05, 0.1) is 22.2 Å². The van der Waals surface area contributed by atoms with Crippen molar-refractivity contribution in [3.05, 3.63) is 204 Å². The quantitative estimate of drug-likeness (QED) is 0.0957. The fourth-order valence-electron chi connectivity index (χ4n) is 6.98. The molecule has 19 heteroatoms. The maximum atomic E-state index is 13.9. The number of benzene rings is 5. The number of hydrogen-bond acceptors (Lipinski definition) is 13. The second-order valence-electron chi connectivity index (χ2n) is 14.8. The third-order valence-corrected chi connectivity index (χ3v) is 13.8. The van der Waals surface area contributed by atoms with E-state index < -0.39 is 36.9 Å². The van der Waals surface area contributed by atoms with Crippen LogP contribution in [0.5, 0.6) is 11.5 Å². The number of aromatic nitrogens is 1. The lowest BCUT2D eigenvalue weighted by atomic mass is 10.0. The highest BCUT2D eigenvalue weighted by atomic mass is 31.2. The molecule has 17 nitrogen and oxygen atoms in total. The molecule has 0 spiro atoms. The highest BCUT2D eigenvalue weighted by Gasteiger charge is 2.28. The van der Waals surface area contributed by atoms with E-state index >= 15 is 0 Å². The van der Waals surface area contributed by atoms with Gasteiger partial charge in [0.15, 0.2) is 0 Å². The van der Waals surface area contributed by atoms with Crippen molar-refractivity contribution in [3.63, 3.8) is 0 Å². The second kappa shape index (κ2) is 19.6. The van der Waals surface area contributed by atoms with Crippen molar-refractivity contribution in [2.75, 3.05) is 14.2 Å². The van der Waals surface area contributed by atoms with Gasteiger partial charge in [-0.15, -0.1) is 0 Å². The summed E-state index contributed by atoms with van der Waals surface area (Å²) < 4.78 is 50.4. The lowest BCUT2D eigenvalue weighted by molar-refractivity contribution is -0.385. The van der Waals surface area contributed by atoms with E-state index in [4.69, 9.17) is 18.1 Å². The van der Waals surface area contributed by atoms with Crippen LogP contribution in [0.3, 0.4) is 0 Å². The first-order chi connectivity index (χ1) is 30.7. The van der Waals surface area contributed by atoms with Crippen molar-refractivity contribution < 1.29 is 46.7 Å². The van der Waals surface area contributed by atoms with Crippen molar-refractivity contribution in [2.24, 2.45) is 0 Å². The number of nitro groups is 2. The molecular weight excluding hydrogens is 864 g/mol. The van der Waals surface area contributed by atoms with E-state index in [1.807, 2.05) is 0 Å². The summed E-state index contributed by atoms with van der Waals surface area (Å²) in [5.74, 6) is -0.868. The molecule has 2 atom stereocenters. The van der Waals surface area contributed by atoms with Gasteiger partial charge in [-0.25, -0.2) is 14.1 Å². The summed E-state index contributed by atoms with van der Waals surface area (Å²) in [6, 6.07) is 33.9. The Morgan fingerprint density at radius 3 is 1.31 bits per heavy atom. The van der Waals surface area contributed by atoms with Crippen LogP contribution >= 0.6 is 15.2 Å². The van der Waals surface area contributed by atoms with E-state index in [1.54, 1.807) is 84.9 Å². The zero-order valence-corrected chi connectivity index (χ0v) is 36.3. The predicted octanol–water partition coefficient (Wildman–Crippen LogP) is 9.09. The van der Waals surface area contributed by atoms with Crippen LogP contribution in [-0.4, -0.2) is 40.9 Å². The van der Waals surface area contributed by atoms with Crippen LogP contribution in [0.25, 0.3) is 0 Å². The van der Waals surface area contributed by atoms with Gasteiger partial charge in [0.2, 0.25) is 0 Å². The van der Waals surface area contributed by atoms with Crippen molar-refractivity contribution in [2.45, 2.75) is 38.3 Å². The summed E-state index contributed by atoms with van der Waals surface area (Å²) in [5, 5.41) is 29.6. The number of rotatable bonds is 4. The van der Waals surface area contributed by atoms with E-state index in [2.05, 4.69) is 15.6 Å². The molecule has 2 unspecified atom stereocenters. The van der Waals surface area contributed by atoms with Crippen molar-refractivity contribution in [1.82, 2.24) is 15.6 Å². The fraction of sp³-hybridized carbons (Fsp3) is 0.178. The van der Waals surface area contributed by atoms with Gasteiger partial charge in [-0.05, 0) is 82.6 Å². The third kappa shape index (κ3) is 11.3. The van der Waals surface area contributed by atoms with Crippen LogP contribution in [0.1, 0.15) is 65.5 Å². The Morgan fingerprint density at radius 2 is 0.922 bits per heavy atom. The lowest BCUT2D eigenvalue weighted by Crippen LogP contribution is -2.27. The fourth-order valence-corrected chi connectivity index (χ4v) is 9.70. The monoisotopic (exact) mass is 905 g/mol. The van der Waals surface area contributed by atoms with Crippen LogP contribution in [0, 0.1) is 20.2 Å². The van der Waals surface area contributed by atoms with E-state index in [-0.39, 0.29) is 83.6 Å². The van der Waals surface area contributed by atoms with Gasteiger partial charge in [-0.1, -0.05) is 78.9 Å². The number of fused-ring (bicyclic) bond motifs is 3. The summed E-state index contributed by atoms with van der Waals surface area (Å²) in [6.45, 7) is -0.447. The Kier molecular flexibility index (Phi) is 13.8. The van der Waals surface area contributed by atoms with Gasteiger partial charge >= 0.3 is 15.2 Å². The molecule has 0 fully saturated rings. The predicted molar refractivity (Wildman–Crippen MR) is 236 cm³/mol. The SMILES string of the molecule is COP1(=O)Cc2ccc(cc2)CP(=O)(OC)Oc2cccc(c2)Cc2ccc(c([N+](=O)[O-])c2)CNC(=O)c2cccc(n2)C(=O)NCc2ccc(cc2[N+](=O)[O-])Cc2cccc(c2)O1. The molecule has 12 bridgehead atoms. The van der Waals surface area contributed by atoms with Crippen LogP contribution in [-0.2, 0) is 56.4 Å². The molecule has 0 saturated heterocycles. The number of nitrogens with one attached hydrogen (secondary N) is 2. The molecule has 6 aromatic rings. The van der Waals surface area contributed by atoms with Gasteiger partial charge in [-0.3, -0.25) is 29.8 Å². The third-order valence-electron chi connectivity index (χ3n) is 10.2. The first-order valence-electron chi connectivity index (χ1n) is 19.7. The standard InChI is InChI=1S/C45H41N5O12P2/c1-59-63(57)28-30-12-14-31(15-13-30)29-64(58,60-2)62-39-9-4-7-33(23-39)21-35-17-19-37(43(25-35)50(55)56)27-47-45(52)41-11-5-10-40(48-41)44(51)46-26-36-18-16-34(24-42(36)49(53)54)20-32-6-3-8-38(22-32)61-63/h3-19,22-25H,20-21,26-29H2,1-2H3,(H,46,51)(H,47,52). The molecule has 10 rings (SSSR count). The van der Waals surface area contributed by atoms with Crippen LogP contribution < -0.4 is 19.7 Å². The number of carbonyl (C=O) groups is 2. The Bertz CT molecular complexity index is 2670. The van der Waals surface area contributed by atoms with Crippen LogP contribution in [0.2, 0.25) is 0 Å². The first kappa shape index (κ1) is 45.0. The zero-order chi connectivity index (χ0) is 45.4. The van der Waals surface area contributed by atoms with Crippen LogP contribution in [0.15, 0.2) is 127 Å². The van der Waals surface area contributed by atoms with E-state index in [0.717, 1.165) is 0 Å². The van der Waals surface area contributed by atoms with Gasteiger partial charge in [-0.2, -0.15) is 0 Å². The highest BCUT2D eigenvalue weighted by Crippen LogP contribution is 2.52. The summed E-state index contributed by atoms with van der Waals surface area (Å²) >= 11 is 0. The van der Waals surface area contributed by atoms with E-state index in [1.165, 1.54) is 56.7 Å². The van der Waals surface area contributed by atoms with Gasteiger partial charge in [0.25, 0.3) is 23.2 Å². The van der Waals surface area contributed by atoms with E-state index in [9.17, 15) is 38.9 Å². The molecule has 4 aliphatic heterocycles. The van der Waals surface area contributed by atoms with Crippen molar-refractivity contribution in [3.8, 4) is 11.5 Å². The summed E-state index contributed by atoms with van der Waals surface area (Å²) in [4.78, 5) is 53.8. The van der Waals surface area contributed by atoms with Crippen LogP contribution in [0.4, 0.5) is 11.4 Å². The number of nitrogens with zero attached hydrogens (tertiary/aromatic N) is 3. The molecule has 4 aliphatic rings. The molecular formula is C45H41N5O12P2. The Morgan fingerprint density at radius 1 is 0.547 bits per heavy atom. The Hall–Kier alpha value is -7.03. The van der Waals surface area contributed by atoms with E-state index in [0.29, 0.717) is 33.4 Å². The smallest absolute Gasteiger partial charge is 0.383 e. The maximum absolute atomic E-state index is 13.9. The summed E-state index contributed by atoms with van der Waals surface area (Å²) in [7, 11) is -4.93. The lowest BCUT2D eigenvalue weighted by Gasteiger charge is -2.19. The number of nitro benzene ring substituents is 2. The number of carbonyl (C=O) groups excluding carboxylic acids is 2. The number of amides is 2. The highest BCUT2D eigenvalue weighted by molar-refractivity contribution is 7.53. The summed E-state index contributed by atoms with van der Waals surface area (Å²) in [6.07, 6.45) is 0.320. The molecule has 328 valence electrons. The minimum absolute atomic E-state index is 0.0914. The van der Waals surface area contributed by atoms with Crippen molar-refractivity contribution >= 4 is 38.4 Å². The van der Waals surface area contributed by atoms with Gasteiger partial charge in [0, 0.05) is 50.6 Å². The zero-order valence-electron chi connectivity index (χ0n) is 34.5. The molecule has 64 heavy (non-hydrogen) atoms. The Labute approximate surface area is 367 Å². The van der Waals surface area contributed by atoms with Crippen molar-refractivity contribution in [1.29, 1.82) is 0 Å². The minimum atomic E-state index is -3.75.